The second-order valence-corrected chi connectivity index (χ2v) is 5.35. The predicted molar refractivity (Wildman–Crippen MR) is 81.5 cm³/mol. The van der Waals surface area contributed by atoms with Crippen LogP contribution in [-0.2, 0) is 0 Å². The summed E-state index contributed by atoms with van der Waals surface area (Å²) < 4.78 is 0. The maximum absolute atomic E-state index is 12.4. The Labute approximate surface area is 124 Å². The summed E-state index contributed by atoms with van der Waals surface area (Å²) in [6.07, 6.45) is 2.03. The normalized spacial score (nSPS) is 10.5. The number of carbonyl (C=O) groups excluding carboxylic acids is 1. The first-order valence-corrected chi connectivity index (χ1v) is 7.00. The molecule has 0 unspecified atom stereocenters. The number of pyridine rings is 1. The van der Waals surface area contributed by atoms with Crippen LogP contribution >= 0.6 is 0 Å². The minimum atomic E-state index is -0.576. The van der Waals surface area contributed by atoms with E-state index in [0.29, 0.717) is 18.9 Å². The quantitative estimate of drug-likeness (QED) is 0.616. The highest BCUT2D eigenvalue weighted by Gasteiger charge is 2.24. The number of hydrogen-bond acceptors (Lipinski definition) is 5. The third-order valence-corrected chi connectivity index (χ3v) is 2.85. The Bertz CT molecular complexity index is 517. The zero-order valence-corrected chi connectivity index (χ0v) is 12.9. The number of nitro groups is 1. The Morgan fingerprint density at radius 1 is 1.52 bits per heavy atom. The lowest BCUT2D eigenvalue weighted by Gasteiger charge is -2.19. The van der Waals surface area contributed by atoms with Gasteiger partial charge in [0.15, 0.2) is 0 Å². The molecule has 1 aromatic heterocycles. The molecule has 0 fully saturated rings. The summed E-state index contributed by atoms with van der Waals surface area (Å²) in [5.74, 6) is 0.402. The number of hydrogen-bond donors (Lipinski definition) is 1. The summed E-state index contributed by atoms with van der Waals surface area (Å²) in [7, 11) is 1.64. The molecule has 0 radical (unpaired) electrons. The van der Waals surface area contributed by atoms with E-state index in [1.165, 1.54) is 11.0 Å². The molecule has 1 aromatic rings. The van der Waals surface area contributed by atoms with E-state index in [1.807, 2.05) is 20.8 Å². The molecule has 21 heavy (non-hydrogen) atoms. The Morgan fingerprint density at radius 2 is 2.19 bits per heavy atom. The third-order valence-electron chi connectivity index (χ3n) is 2.85. The van der Waals surface area contributed by atoms with E-state index in [4.69, 9.17) is 0 Å². The van der Waals surface area contributed by atoms with Crippen molar-refractivity contribution in [1.82, 2.24) is 9.88 Å². The van der Waals surface area contributed by atoms with Crippen molar-refractivity contribution >= 4 is 17.4 Å². The second-order valence-electron chi connectivity index (χ2n) is 5.35. The molecule has 0 aliphatic rings. The summed E-state index contributed by atoms with van der Waals surface area (Å²) in [5, 5.41) is 14.1. The lowest BCUT2D eigenvalue weighted by Crippen LogP contribution is -2.30. The van der Waals surface area contributed by atoms with Gasteiger partial charge in [0.1, 0.15) is 17.6 Å². The average Bonchev–Trinajstić information content (AvgIpc) is 2.43. The molecule has 1 rings (SSSR count). The summed E-state index contributed by atoms with van der Waals surface area (Å²) in [4.78, 5) is 28.4. The molecule has 0 saturated carbocycles. The van der Waals surface area contributed by atoms with Crippen molar-refractivity contribution in [1.29, 1.82) is 0 Å². The molecule has 7 heteroatoms. The monoisotopic (exact) mass is 294 g/mol. The standard InChI is InChI=1S/C14H22N4O3/c1-5-6-15-13-7-11(12(8-16-13)18(20)21)14(19)17(4)9-10(2)3/h7-8,10H,5-6,9H2,1-4H3,(H,15,16). The Hall–Kier alpha value is -2.18. The molecule has 0 atom stereocenters. The molecule has 1 amide bonds. The van der Waals surface area contributed by atoms with E-state index in [-0.39, 0.29) is 23.1 Å². The van der Waals surface area contributed by atoms with Crippen molar-refractivity contribution in [2.45, 2.75) is 27.2 Å². The van der Waals surface area contributed by atoms with Gasteiger partial charge in [-0.1, -0.05) is 20.8 Å². The largest absolute Gasteiger partial charge is 0.370 e. The minimum absolute atomic E-state index is 0.0664. The van der Waals surface area contributed by atoms with Crippen LogP contribution in [-0.4, -0.2) is 40.9 Å². The molecule has 1 heterocycles. The molecule has 1 N–H and O–H groups in total. The molecular weight excluding hydrogens is 272 g/mol. The fourth-order valence-corrected chi connectivity index (χ4v) is 1.95. The Kier molecular flexibility index (Phi) is 6.08. The lowest BCUT2D eigenvalue weighted by molar-refractivity contribution is -0.385. The fraction of sp³-hybridized carbons (Fsp3) is 0.571. The Morgan fingerprint density at radius 3 is 2.71 bits per heavy atom. The predicted octanol–water partition coefficient (Wildman–Crippen LogP) is 2.54. The van der Waals surface area contributed by atoms with Crippen molar-refractivity contribution in [2.75, 3.05) is 25.5 Å². The van der Waals surface area contributed by atoms with Crippen molar-refractivity contribution in [2.24, 2.45) is 5.92 Å². The van der Waals surface area contributed by atoms with Crippen molar-refractivity contribution in [3.8, 4) is 0 Å². The van der Waals surface area contributed by atoms with Gasteiger partial charge in [-0.05, 0) is 12.3 Å². The summed E-state index contributed by atoms with van der Waals surface area (Å²) in [6.45, 7) is 7.20. The van der Waals surface area contributed by atoms with Crippen LogP contribution < -0.4 is 5.32 Å². The molecule has 116 valence electrons. The van der Waals surface area contributed by atoms with Gasteiger partial charge >= 0.3 is 0 Å². The fourth-order valence-electron chi connectivity index (χ4n) is 1.95. The van der Waals surface area contributed by atoms with E-state index in [2.05, 4.69) is 10.3 Å². The maximum Gasteiger partial charge on any atom is 0.300 e. The van der Waals surface area contributed by atoms with Crippen LogP contribution in [0.5, 0.6) is 0 Å². The molecule has 7 nitrogen and oxygen atoms in total. The van der Waals surface area contributed by atoms with Gasteiger partial charge in [0.25, 0.3) is 11.6 Å². The number of anilines is 1. The van der Waals surface area contributed by atoms with Crippen LogP contribution in [0.2, 0.25) is 0 Å². The Balaban J connectivity index is 3.10. The number of nitrogens with zero attached hydrogens (tertiary/aromatic N) is 3. The van der Waals surface area contributed by atoms with Gasteiger partial charge in [0.2, 0.25) is 0 Å². The molecule has 0 bridgehead atoms. The number of amides is 1. The van der Waals surface area contributed by atoms with Crippen molar-refractivity contribution in [3.05, 3.63) is 27.9 Å². The molecule has 0 aliphatic heterocycles. The van der Waals surface area contributed by atoms with Crippen LogP contribution in [0.25, 0.3) is 0 Å². The first kappa shape index (κ1) is 16.9. The highest BCUT2D eigenvalue weighted by atomic mass is 16.6. The van der Waals surface area contributed by atoms with Crippen LogP contribution in [0.15, 0.2) is 12.3 Å². The minimum Gasteiger partial charge on any atom is -0.370 e. The van der Waals surface area contributed by atoms with Crippen molar-refractivity contribution < 1.29 is 9.72 Å². The number of aromatic nitrogens is 1. The molecule has 0 aromatic carbocycles. The first-order valence-electron chi connectivity index (χ1n) is 7.00. The van der Waals surface area contributed by atoms with Gasteiger partial charge in [0, 0.05) is 26.2 Å². The van der Waals surface area contributed by atoms with Crippen LogP contribution in [0, 0.1) is 16.0 Å². The van der Waals surface area contributed by atoms with E-state index < -0.39 is 4.92 Å². The third kappa shape index (κ3) is 4.70. The van der Waals surface area contributed by atoms with E-state index >= 15 is 0 Å². The number of nitrogens with one attached hydrogen (secondary N) is 1. The SMILES string of the molecule is CCCNc1cc(C(=O)N(C)CC(C)C)c([N+](=O)[O-])cn1. The van der Waals surface area contributed by atoms with E-state index in [0.717, 1.165) is 12.6 Å². The topological polar surface area (TPSA) is 88.4 Å². The van der Waals surface area contributed by atoms with Gasteiger partial charge in [-0.2, -0.15) is 0 Å². The summed E-state index contributed by atoms with van der Waals surface area (Å²) in [6, 6.07) is 1.45. The smallest absolute Gasteiger partial charge is 0.300 e. The van der Waals surface area contributed by atoms with Gasteiger partial charge in [0.05, 0.1) is 4.92 Å². The maximum atomic E-state index is 12.4. The molecule has 0 spiro atoms. The van der Waals surface area contributed by atoms with Gasteiger partial charge in [-0.15, -0.1) is 0 Å². The van der Waals surface area contributed by atoms with Gasteiger partial charge in [-0.3, -0.25) is 14.9 Å². The van der Waals surface area contributed by atoms with Crippen molar-refractivity contribution in [3.63, 3.8) is 0 Å². The summed E-state index contributed by atoms with van der Waals surface area (Å²) in [5.41, 5.74) is -0.200. The highest BCUT2D eigenvalue weighted by Crippen LogP contribution is 2.22. The molecule has 0 saturated heterocycles. The zero-order valence-electron chi connectivity index (χ0n) is 12.9. The van der Waals surface area contributed by atoms with E-state index in [1.54, 1.807) is 7.05 Å². The molecule has 0 aliphatic carbocycles. The summed E-state index contributed by atoms with van der Waals surface area (Å²) >= 11 is 0. The number of rotatable bonds is 7. The van der Waals surface area contributed by atoms with Gasteiger partial charge in [-0.25, -0.2) is 4.98 Å². The van der Waals surface area contributed by atoms with Crippen LogP contribution in [0.3, 0.4) is 0 Å². The zero-order chi connectivity index (χ0) is 16.0. The molecular formula is C14H22N4O3. The van der Waals surface area contributed by atoms with Crippen LogP contribution in [0.4, 0.5) is 11.5 Å². The highest BCUT2D eigenvalue weighted by molar-refractivity contribution is 5.98. The average molecular weight is 294 g/mol. The first-order chi connectivity index (χ1) is 9.86. The van der Waals surface area contributed by atoms with E-state index in [9.17, 15) is 14.9 Å². The second kappa shape index (κ2) is 7.56. The van der Waals surface area contributed by atoms with Gasteiger partial charge < -0.3 is 10.2 Å². The lowest BCUT2D eigenvalue weighted by atomic mass is 10.1. The van der Waals surface area contributed by atoms with Crippen LogP contribution in [0.1, 0.15) is 37.6 Å². The number of carbonyl (C=O) groups is 1.